The Labute approximate surface area is 210 Å². The molecule has 0 unspecified atom stereocenters. The number of amides is 1. The number of nitrogens with zero attached hydrogens (tertiary/aromatic N) is 3. The number of hydrogen-bond acceptors (Lipinski definition) is 5. The lowest BCUT2D eigenvalue weighted by atomic mass is 10.1. The summed E-state index contributed by atoms with van der Waals surface area (Å²) in [6, 6.07) is 23.3. The number of aliphatic hydroxyl groups is 1. The molecule has 1 amide bonds. The molecule has 1 aliphatic heterocycles. The quantitative estimate of drug-likeness (QED) is 0.372. The van der Waals surface area contributed by atoms with Crippen LogP contribution >= 0.6 is 0 Å². The zero-order chi connectivity index (χ0) is 25.1. The lowest BCUT2D eigenvalue weighted by molar-refractivity contribution is -0.117. The molecule has 0 aliphatic carbocycles. The first-order chi connectivity index (χ1) is 17.5. The highest BCUT2D eigenvalue weighted by molar-refractivity contribution is 5.96. The van der Waals surface area contributed by atoms with Crippen LogP contribution < -0.4 is 14.4 Å². The second-order valence-corrected chi connectivity index (χ2v) is 9.13. The number of hydrogen-bond donors (Lipinski definition) is 1. The second-order valence-electron chi connectivity index (χ2n) is 9.13. The van der Waals surface area contributed by atoms with E-state index in [1.807, 2.05) is 96.1 Å². The number of carbonyl (C=O) groups excluding carboxylic acids is 1. The molecule has 186 valence electrons. The first kappa shape index (κ1) is 23.9. The summed E-state index contributed by atoms with van der Waals surface area (Å²) >= 11 is 0. The van der Waals surface area contributed by atoms with Crippen molar-refractivity contribution in [1.29, 1.82) is 0 Å². The second kappa shape index (κ2) is 10.4. The number of aliphatic hydroxyl groups excluding tert-OH is 1. The van der Waals surface area contributed by atoms with Crippen LogP contribution in [0.25, 0.3) is 11.0 Å². The van der Waals surface area contributed by atoms with Crippen molar-refractivity contribution in [3.63, 3.8) is 0 Å². The number of anilines is 1. The van der Waals surface area contributed by atoms with Crippen molar-refractivity contribution in [2.45, 2.75) is 38.8 Å². The largest absolute Gasteiger partial charge is 0.494 e. The van der Waals surface area contributed by atoms with Gasteiger partial charge < -0.3 is 24.0 Å². The van der Waals surface area contributed by atoms with Crippen LogP contribution in [0, 0.1) is 6.92 Å². The Morgan fingerprint density at radius 1 is 1.03 bits per heavy atom. The van der Waals surface area contributed by atoms with Crippen LogP contribution in [0.1, 0.15) is 30.7 Å². The first-order valence-electron chi connectivity index (χ1n) is 12.4. The number of aromatic nitrogens is 2. The number of fused-ring (bicyclic) bond motifs is 1. The van der Waals surface area contributed by atoms with Gasteiger partial charge >= 0.3 is 0 Å². The third-order valence-electron chi connectivity index (χ3n) is 6.55. The van der Waals surface area contributed by atoms with Crippen molar-refractivity contribution in [2.24, 2.45) is 0 Å². The number of rotatable bonds is 9. The average molecular weight is 486 g/mol. The van der Waals surface area contributed by atoms with Crippen LogP contribution in [0.15, 0.2) is 72.8 Å². The molecule has 7 heteroatoms. The van der Waals surface area contributed by atoms with E-state index in [9.17, 15) is 9.90 Å². The molecule has 0 bridgehead atoms. The Morgan fingerprint density at radius 2 is 1.78 bits per heavy atom. The molecule has 7 nitrogen and oxygen atoms in total. The van der Waals surface area contributed by atoms with Crippen molar-refractivity contribution in [3.8, 4) is 11.5 Å². The highest BCUT2D eigenvalue weighted by Gasteiger charge is 2.35. The number of carbonyl (C=O) groups is 1. The predicted octanol–water partition coefficient (Wildman–Crippen LogP) is 4.70. The maximum Gasteiger partial charge on any atom is 0.227 e. The van der Waals surface area contributed by atoms with E-state index in [0.717, 1.165) is 39.6 Å². The zero-order valence-electron chi connectivity index (χ0n) is 20.6. The highest BCUT2D eigenvalue weighted by Crippen LogP contribution is 2.34. The molecule has 0 radical (unpaired) electrons. The number of aryl methyl sites for hydroxylation is 1. The number of benzene rings is 3. The summed E-state index contributed by atoms with van der Waals surface area (Å²) in [5.74, 6) is 2.34. The fraction of sp³-hybridized carbons (Fsp3) is 0.310. The van der Waals surface area contributed by atoms with Gasteiger partial charge in [-0.3, -0.25) is 4.79 Å². The van der Waals surface area contributed by atoms with Crippen molar-refractivity contribution in [3.05, 3.63) is 84.2 Å². The molecule has 1 fully saturated rings. The van der Waals surface area contributed by atoms with Crippen LogP contribution in [-0.4, -0.2) is 46.4 Å². The fourth-order valence-corrected chi connectivity index (χ4v) is 4.78. The summed E-state index contributed by atoms with van der Waals surface area (Å²) in [4.78, 5) is 19.7. The van der Waals surface area contributed by atoms with E-state index in [1.54, 1.807) is 0 Å². The van der Waals surface area contributed by atoms with E-state index in [2.05, 4.69) is 0 Å². The Hall–Kier alpha value is -3.84. The average Bonchev–Trinajstić information content (AvgIpc) is 3.45. The minimum Gasteiger partial charge on any atom is -0.494 e. The van der Waals surface area contributed by atoms with Crippen LogP contribution in [0.4, 0.5) is 5.69 Å². The molecular weight excluding hydrogens is 454 g/mol. The van der Waals surface area contributed by atoms with E-state index in [4.69, 9.17) is 14.5 Å². The Morgan fingerprint density at radius 3 is 2.56 bits per heavy atom. The van der Waals surface area contributed by atoms with Gasteiger partial charge in [-0.15, -0.1) is 0 Å². The molecule has 2 atom stereocenters. The Balaban J connectivity index is 1.36. The third kappa shape index (κ3) is 4.93. The first-order valence-corrected chi connectivity index (χ1v) is 12.4. The standard InChI is InChI=1S/C29H31N3O4/c1-3-35-24-14-12-22(13-15-24)31-17-21(16-28(31)34)29-30-25-9-5-6-10-26(25)32(29)18-23(33)19-36-27-11-7-4-8-20(27)2/h4-15,21,23,33H,3,16-19H2,1-2H3/t21-,23+/m0/s1. The van der Waals surface area contributed by atoms with Gasteiger partial charge in [-0.2, -0.15) is 0 Å². The van der Waals surface area contributed by atoms with Gasteiger partial charge in [0, 0.05) is 24.6 Å². The molecule has 1 saturated heterocycles. The van der Waals surface area contributed by atoms with Crippen LogP contribution in [0.5, 0.6) is 11.5 Å². The van der Waals surface area contributed by atoms with E-state index < -0.39 is 6.10 Å². The zero-order valence-corrected chi connectivity index (χ0v) is 20.6. The molecule has 1 aliphatic rings. The summed E-state index contributed by atoms with van der Waals surface area (Å²) in [7, 11) is 0. The molecule has 36 heavy (non-hydrogen) atoms. The number of ether oxygens (including phenoxy) is 2. The van der Waals surface area contributed by atoms with Gasteiger partial charge in [-0.25, -0.2) is 4.98 Å². The molecule has 1 aromatic heterocycles. The Kier molecular flexibility index (Phi) is 6.91. The summed E-state index contributed by atoms with van der Waals surface area (Å²) in [5, 5.41) is 10.9. The molecule has 0 spiro atoms. The summed E-state index contributed by atoms with van der Waals surface area (Å²) < 4.78 is 13.5. The lowest BCUT2D eigenvalue weighted by Crippen LogP contribution is -2.26. The minimum atomic E-state index is -0.736. The SMILES string of the molecule is CCOc1ccc(N2C[C@@H](c3nc4ccccc4n3C[C@@H](O)COc3ccccc3C)CC2=O)cc1. The maximum absolute atomic E-state index is 13.0. The van der Waals surface area contributed by atoms with Gasteiger partial charge in [0.15, 0.2) is 0 Å². The molecule has 4 aromatic rings. The van der Waals surface area contributed by atoms with E-state index in [1.165, 1.54) is 0 Å². The van der Waals surface area contributed by atoms with Gasteiger partial charge in [0.2, 0.25) is 5.91 Å². The van der Waals surface area contributed by atoms with Crippen LogP contribution in [0.3, 0.4) is 0 Å². The minimum absolute atomic E-state index is 0.0613. The van der Waals surface area contributed by atoms with Gasteiger partial charge in [0.05, 0.1) is 24.2 Å². The predicted molar refractivity (Wildman–Crippen MR) is 140 cm³/mol. The highest BCUT2D eigenvalue weighted by atomic mass is 16.5. The van der Waals surface area contributed by atoms with Crippen molar-refractivity contribution in [2.75, 3.05) is 24.7 Å². The van der Waals surface area contributed by atoms with Crippen molar-refractivity contribution in [1.82, 2.24) is 9.55 Å². The maximum atomic E-state index is 13.0. The molecular formula is C29H31N3O4. The third-order valence-corrected chi connectivity index (χ3v) is 6.55. The molecule has 1 N–H and O–H groups in total. The lowest BCUT2D eigenvalue weighted by Gasteiger charge is -2.19. The molecule has 0 saturated carbocycles. The van der Waals surface area contributed by atoms with Crippen LogP contribution in [-0.2, 0) is 11.3 Å². The summed E-state index contributed by atoms with van der Waals surface area (Å²) in [5.41, 5.74) is 3.67. The molecule has 2 heterocycles. The monoisotopic (exact) mass is 485 g/mol. The normalized spacial score (nSPS) is 16.5. The topological polar surface area (TPSA) is 76.8 Å². The van der Waals surface area contributed by atoms with Crippen molar-refractivity contribution >= 4 is 22.6 Å². The van der Waals surface area contributed by atoms with Gasteiger partial charge in [0.25, 0.3) is 0 Å². The molecule has 3 aromatic carbocycles. The summed E-state index contributed by atoms with van der Waals surface area (Å²) in [6.45, 7) is 5.55. The van der Waals surface area contributed by atoms with Crippen molar-refractivity contribution < 1.29 is 19.4 Å². The van der Waals surface area contributed by atoms with Gasteiger partial charge in [0.1, 0.15) is 30.0 Å². The van der Waals surface area contributed by atoms with E-state index >= 15 is 0 Å². The number of imidazole rings is 1. The van der Waals surface area contributed by atoms with E-state index in [-0.39, 0.29) is 18.4 Å². The smallest absolute Gasteiger partial charge is 0.227 e. The van der Waals surface area contributed by atoms with Gasteiger partial charge in [-0.05, 0) is 61.9 Å². The molecule has 5 rings (SSSR count). The summed E-state index contributed by atoms with van der Waals surface area (Å²) in [6.07, 6.45) is -0.368. The van der Waals surface area contributed by atoms with Gasteiger partial charge in [-0.1, -0.05) is 30.3 Å². The van der Waals surface area contributed by atoms with E-state index in [0.29, 0.717) is 26.1 Å². The Bertz CT molecular complexity index is 1350. The van der Waals surface area contributed by atoms with Crippen LogP contribution in [0.2, 0.25) is 0 Å². The fourth-order valence-electron chi connectivity index (χ4n) is 4.78. The number of para-hydroxylation sites is 3.